The minimum atomic E-state index is -4.47. The van der Waals surface area contributed by atoms with E-state index in [2.05, 4.69) is 15.3 Å². The molecule has 1 aliphatic rings. The molecule has 0 radical (unpaired) electrons. The Balaban J connectivity index is 1.96. The number of anilines is 3. The van der Waals surface area contributed by atoms with Gasteiger partial charge in [-0.15, -0.1) is 0 Å². The molecule has 26 heavy (non-hydrogen) atoms. The van der Waals surface area contributed by atoms with E-state index in [9.17, 15) is 18.3 Å². The third-order valence-electron chi connectivity index (χ3n) is 3.86. The van der Waals surface area contributed by atoms with Gasteiger partial charge in [0.05, 0.1) is 16.7 Å². The minimum absolute atomic E-state index is 0.112. The fourth-order valence-corrected chi connectivity index (χ4v) is 2.90. The standard InChI is InChI=1S/C16H15ClF3N5O/c1-15(26)7-25(8-15)13-11(6-21)12(23-14(17)24-13)22-10-4-2-3-9(5-10)16(18,19)20/h2-6,21,26H,7-8H2,1H3,(H,22,23,24). The van der Waals surface area contributed by atoms with Crippen LogP contribution < -0.4 is 10.2 Å². The first-order valence-corrected chi connectivity index (χ1v) is 7.96. The summed E-state index contributed by atoms with van der Waals surface area (Å²) in [4.78, 5) is 9.79. The van der Waals surface area contributed by atoms with Crippen LogP contribution in [-0.4, -0.2) is 40.0 Å². The van der Waals surface area contributed by atoms with Gasteiger partial charge in [0.1, 0.15) is 11.6 Å². The number of nitrogens with one attached hydrogen (secondary N) is 2. The molecule has 2 aromatic rings. The Labute approximate surface area is 152 Å². The van der Waals surface area contributed by atoms with Crippen molar-refractivity contribution < 1.29 is 18.3 Å². The van der Waals surface area contributed by atoms with Gasteiger partial charge in [0.15, 0.2) is 0 Å². The number of β-amino-alcohol motifs (C(OH)–C–C–N with tert-alkyl or cyclic N) is 1. The molecule has 0 amide bonds. The lowest BCUT2D eigenvalue weighted by Crippen LogP contribution is -2.60. The van der Waals surface area contributed by atoms with Crippen molar-refractivity contribution in [2.75, 3.05) is 23.3 Å². The molecule has 1 fully saturated rings. The molecule has 0 spiro atoms. The summed E-state index contributed by atoms with van der Waals surface area (Å²) in [6.07, 6.45) is -3.48. The topological polar surface area (TPSA) is 85.1 Å². The van der Waals surface area contributed by atoms with Crippen LogP contribution in [0.4, 0.5) is 30.5 Å². The Hall–Kier alpha value is -2.39. The van der Waals surface area contributed by atoms with E-state index in [4.69, 9.17) is 17.0 Å². The molecule has 1 aliphatic heterocycles. The number of halogens is 4. The Bertz CT molecular complexity index is 848. The van der Waals surface area contributed by atoms with Crippen LogP contribution in [0.2, 0.25) is 5.28 Å². The second-order valence-electron chi connectivity index (χ2n) is 6.28. The second kappa shape index (κ2) is 6.40. The third-order valence-corrected chi connectivity index (χ3v) is 4.03. The number of hydrogen-bond donors (Lipinski definition) is 3. The predicted octanol–water partition coefficient (Wildman–Crippen LogP) is 3.46. The maximum Gasteiger partial charge on any atom is 0.416 e. The zero-order chi connectivity index (χ0) is 19.1. The van der Waals surface area contributed by atoms with Crippen molar-refractivity contribution in [1.29, 1.82) is 5.41 Å². The SMILES string of the molecule is CC1(O)CN(c2nc(Cl)nc(Nc3cccc(C(F)(F)F)c3)c2C=N)C1. The fourth-order valence-electron chi connectivity index (χ4n) is 2.74. The third kappa shape index (κ3) is 3.73. The molecule has 0 bridgehead atoms. The molecular formula is C16H15ClF3N5O. The lowest BCUT2D eigenvalue weighted by atomic mass is 9.96. The number of nitrogens with zero attached hydrogens (tertiary/aromatic N) is 3. The van der Waals surface area contributed by atoms with E-state index in [0.29, 0.717) is 18.9 Å². The van der Waals surface area contributed by atoms with Gasteiger partial charge in [0.2, 0.25) is 5.28 Å². The average molecular weight is 386 g/mol. The number of hydrogen-bond acceptors (Lipinski definition) is 6. The normalized spacial score (nSPS) is 16.2. The van der Waals surface area contributed by atoms with Crippen LogP contribution in [0.1, 0.15) is 18.1 Å². The molecule has 138 valence electrons. The zero-order valence-electron chi connectivity index (χ0n) is 13.6. The highest BCUT2D eigenvalue weighted by Crippen LogP contribution is 2.34. The predicted molar refractivity (Wildman–Crippen MR) is 92.5 cm³/mol. The van der Waals surface area contributed by atoms with Gasteiger partial charge in [-0.1, -0.05) is 6.07 Å². The molecule has 10 heteroatoms. The molecule has 1 aromatic heterocycles. The largest absolute Gasteiger partial charge is 0.416 e. The van der Waals surface area contributed by atoms with Crippen molar-refractivity contribution in [2.45, 2.75) is 18.7 Å². The summed E-state index contributed by atoms with van der Waals surface area (Å²) in [6, 6.07) is 4.62. The van der Waals surface area contributed by atoms with E-state index in [1.54, 1.807) is 11.8 Å². The number of benzene rings is 1. The van der Waals surface area contributed by atoms with E-state index in [1.807, 2.05) is 0 Å². The highest BCUT2D eigenvalue weighted by atomic mass is 35.5. The van der Waals surface area contributed by atoms with Gasteiger partial charge in [-0.05, 0) is 36.7 Å². The van der Waals surface area contributed by atoms with Gasteiger partial charge < -0.3 is 20.7 Å². The second-order valence-corrected chi connectivity index (χ2v) is 6.62. The monoisotopic (exact) mass is 385 g/mol. The quantitative estimate of drug-likeness (QED) is 0.554. The summed E-state index contributed by atoms with van der Waals surface area (Å²) in [5.74, 6) is 0.446. The first kappa shape index (κ1) is 18.4. The summed E-state index contributed by atoms with van der Waals surface area (Å²) >= 11 is 5.94. The number of aromatic nitrogens is 2. The molecule has 0 atom stereocenters. The van der Waals surface area contributed by atoms with Crippen molar-refractivity contribution in [2.24, 2.45) is 0 Å². The molecule has 3 rings (SSSR count). The van der Waals surface area contributed by atoms with E-state index in [0.717, 1.165) is 18.3 Å². The van der Waals surface area contributed by atoms with Crippen molar-refractivity contribution >= 4 is 35.1 Å². The lowest BCUT2D eigenvalue weighted by Gasteiger charge is -2.45. The van der Waals surface area contributed by atoms with E-state index in [1.165, 1.54) is 12.1 Å². The maximum atomic E-state index is 12.9. The summed E-state index contributed by atoms with van der Waals surface area (Å²) in [5.41, 5.74) is -1.26. The van der Waals surface area contributed by atoms with Crippen LogP contribution >= 0.6 is 11.6 Å². The Morgan fingerprint density at radius 2 is 2.04 bits per heavy atom. The molecule has 0 saturated carbocycles. The Kier molecular flexibility index (Phi) is 4.53. The molecule has 0 aliphatic carbocycles. The zero-order valence-corrected chi connectivity index (χ0v) is 14.4. The molecule has 2 heterocycles. The Morgan fingerprint density at radius 3 is 2.62 bits per heavy atom. The molecule has 6 nitrogen and oxygen atoms in total. The van der Waals surface area contributed by atoms with Crippen molar-refractivity contribution in [1.82, 2.24) is 9.97 Å². The van der Waals surface area contributed by atoms with Crippen LogP contribution in [0.15, 0.2) is 24.3 Å². The van der Waals surface area contributed by atoms with Gasteiger partial charge in [-0.3, -0.25) is 0 Å². The molecule has 1 saturated heterocycles. The lowest BCUT2D eigenvalue weighted by molar-refractivity contribution is -0.137. The summed E-state index contributed by atoms with van der Waals surface area (Å²) < 4.78 is 38.6. The van der Waals surface area contributed by atoms with Crippen molar-refractivity contribution in [3.05, 3.63) is 40.7 Å². The van der Waals surface area contributed by atoms with Gasteiger partial charge in [-0.2, -0.15) is 23.1 Å². The molecule has 1 aromatic carbocycles. The van der Waals surface area contributed by atoms with E-state index in [-0.39, 0.29) is 22.4 Å². The van der Waals surface area contributed by atoms with Gasteiger partial charge >= 0.3 is 6.18 Å². The molecule has 3 N–H and O–H groups in total. The molecule has 0 unspecified atom stereocenters. The van der Waals surface area contributed by atoms with Gasteiger partial charge in [0, 0.05) is 25.0 Å². The Morgan fingerprint density at radius 1 is 1.35 bits per heavy atom. The smallest absolute Gasteiger partial charge is 0.386 e. The first-order valence-electron chi connectivity index (χ1n) is 7.59. The van der Waals surface area contributed by atoms with E-state index >= 15 is 0 Å². The van der Waals surface area contributed by atoms with Crippen molar-refractivity contribution in [3.8, 4) is 0 Å². The van der Waals surface area contributed by atoms with Gasteiger partial charge in [0.25, 0.3) is 0 Å². The number of aliphatic hydroxyl groups is 1. The van der Waals surface area contributed by atoms with Crippen LogP contribution in [0.3, 0.4) is 0 Å². The highest BCUT2D eigenvalue weighted by Gasteiger charge is 2.39. The number of rotatable bonds is 4. The van der Waals surface area contributed by atoms with Gasteiger partial charge in [-0.25, -0.2) is 0 Å². The van der Waals surface area contributed by atoms with E-state index < -0.39 is 17.3 Å². The summed E-state index contributed by atoms with van der Waals surface area (Å²) in [7, 11) is 0. The van der Waals surface area contributed by atoms with Crippen LogP contribution in [0.5, 0.6) is 0 Å². The van der Waals surface area contributed by atoms with Crippen LogP contribution in [0, 0.1) is 5.41 Å². The summed E-state index contributed by atoms with van der Waals surface area (Å²) in [6.45, 7) is 2.26. The van der Waals surface area contributed by atoms with Crippen molar-refractivity contribution in [3.63, 3.8) is 0 Å². The summed E-state index contributed by atoms with van der Waals surface area (Å²) in [5, 5.41) is 20.2. The first-order chi connectivity index (χ1) is 12.1. The van der Waals surface area contributed by atoms with Crippen LogP contribution in [-0.2, 0) is 6.18 Å². The average Bonchev–Trinajstić information content (AvgIpc) is 2.51. The maximum absolute atomic E-state index is 12.9. The minimum Gasteiger partial charge on any atom is -0.386 e. The molecular weight excluding hydrogens is 371 g/mol. The number of alkyl halides is 3. The van der Waals surface area contributed by atoms with Crippen LogP contribution in [0.25, 0.3) is 0 Å². The fraction of sp³-hybridized carbons (Fsp3) is 0.312. The highest BCUT2D eigenvalue weighted by molar-refractivity contribution is 6.28.